The molecule has 2 amide bonds. The highest BCUT2D eigenvalue weighted by Gasteiger charge is 2.18. The van der Waals surface area contributed by atoms with Crippen LogP contribution in [0, 0.1) is 6.92 Å². The molecule has 1 atom stereocenters. The molecule has 0 fully saturated rings. The van der Waals surface area contributed by atoms with Crippen LogP contribution in [0.3, 0.4) is 0 Å². The molecule has 0 saturated heterocycles. The van der Waals surface area contributed by atoms with Gasteiger partial charge in [0.1, 0.15) is 5.75 Å². The number of anilines is 2. The minimum atomic E-state index is -0.585. The summed E-state index contributed by atoms with van der Waals surface area (Å²) in [5.41, 5.74) is 2.84. The van der Waals surface area contributed by atoms with Gasteiger partial charge < -0.3 is 15.4 Å². The Kier molecular flexibility index (Phi) is 6.63. The number of para-hydroxylation sites is 1. The number of rotatable bonds is 7. The molecule has 0 aliphatic heterocycles. The van der Waals surface area contributed by atoms with Crippen LogP contribution in [0.2, 0.25) is 0 Å². The summed E-state index contributed by atoms with van der Waals surface area (Å²) >= 11 is 0. The van der Waals surface area contributed by atoms with Crippen molar-refractivity contribution in [2.24, 2.45) is 0 Å². The van der Waals surface area contributed by atoms with Gasteiger partial charge in [-0.15, -0.1) is 0 Å². The Hall–Kier alpha value is -3.60. The Balaban J connectivity index is 1.60. The molecule has 5 heteroatoms. The highest BCUT2D eigenvalue weighted by atomic mass is 16.5. The molecule has 29 heavy (non-hydrogen) atoms. The molecule has 0 radical (unpaired) electrons. The summed E-state index contributed by atoms with van der Waals surface area (Å²) < 4.78 is 5.77. The van der Waals surface area contributed by atoms with Gasteiger partial charge in [-0.3, -0.25) is 9.59 Å². The average Bonchev–Trinajstić information content (AvgIpc) is 2.74. The first kappa shape index (κ1) is 20.1. The van der Waals surface area contributed by atoms with Crippen LogP contribution in [0.1, 0.15) is 29.3 Å². The van der Waals surface area contributed by atoms with Crippen molar-refractivity contribution in [3.63, 3.8) is 0 Å². The lowest BCUT2D eigenvalue weighted by Gasteiger charge is -2.17. The molecule has 0 aliphatic rings. The Labute approximate surface area is 170 Å². The summed E-state index contributed by atoms with van der Waals surface area (Å²) in [6.45, 7) is 3.80. The molecule has 0 heterocycles. The Bertz CT molecular complexity index is 969. The van der Waals surface area contributed by atoms with Crippen molar-refractivity contribution in [3.05, 3.63) is 90.0 Å². The van der Waals surface area contributed by atoms with Gasteiger partial charge in [0.15, 0.2) is 6.10 Å². The van der Waals surface area contributed by atoms with Crippen LogP contribution < -0.4 is 15.4 Å². The Morgan fingerprint density at radius 1 is 0.828 bits per heavy atom. The normalized spacial score (nSPS) is 11.4. The number of nitrogens with one attached hydrogen (secondary N) is 2. The van der Waals surface area contributed by atoms with Gasteiger partial charge in [-0.25, -0.2) is 0 Å². The molecule has 5 nitrogen and oxygen atoms in total. The molecule has 3 aromatic rings. The van der Waals surface area contributed by atoms with E-state index >= 15 is 0 Å². The van der Waals surface area contributed by atoms with Crippen LogP contribution in [-0.2, 0) is 4.79 Å². The van der Waals surface area contributed by atoms with Crippen molar-refractivity contribution in [1.82, 2.24) is 0 Å². The van der Waals surface area contributed by atoms with Crippen molar-refractivity contribution in [1.29, 1.82) is 0 Å². The van der Waals surface area contributed by atoms with Crippen molar-refractivity contribution in [2.75, 3.05) is 10.6 Å². The standard InChI is InChI=1S/C24H24N2O3/c1-3-22(29-20-10-5-4-6-11-20)24(28)26-19-15-13-18(14-16-19)25-23(27)21-12-8-7-9-17(21)2/h4-16,22H,3H2,1-2H3,(H,25,27)(H,26,28). The first-order valence-electron chi connectivity index (χ1n) is 9.56. The molecule has 0 aliphatic carbocycles. The third-order valence-corrected chi connectivity index (χ3v) is 4.48. The molecule has 1 unspecified atom stereocenters. The zero-order valence-electron chi connectivity index (χ0n) is 16.5. The summed E-state index contributed by atoms with van der Waals surface area (Å²) in [6.07, 6.45) is -0.0384. The molecule has 2 N–H and O–H groups in total. The van der Waals surface area contributed by atoms with E-state index in [1.807, 2.05) is 62.4 Å². The zero-order valence-corrected chi connectivity index (χ0v) is 16.5. The number of benzene rings is 3. The molecular formula is C24H24N2O3. The smallest absolute Gasteiger partial charge is 0.265 e. The van der Waals surface area contributed by atoms with E-state index in [-0.39, 0.29) is 11.8 Å². The van der Waals surface area contributed by atoms with Gasteiger partial charge in [-0.1, -0.05) is 43.3 Å². The first-order chi connectivity index (χ1) is 14.1. The molecule has 3 rings (SSSR count). The third-order valence-electron chi connectivity index (χ3n) is 4.48. The van der Waals surface area contributed by atoms with Gasteiger partial charge in [0.2, 0.25) is 0 Å². The van der Waals surface area contributed by atoms with E-state index in [2.05, 4.69) is 10.6 Å². The van der Waals surface area contributed by atoms with Gasteiger partial charge in [-0.2, -0.15) is 0 Å². The van der Waals surface area contributed by atoms with Crippen LogP contribution >= 0.6 is 0 Å². The van der Waals surface area contributed by atoms with E-state index in [9.17, 15) is 9.59 Å². The fraction of sp³-hybridized carbons (Fsp3) is 0.167. The number of hydrogen-bond donors (Lipinski definition) is 2. The van der Waals surface area contributed by atoms with Crippen LogP contribution in [0.5, 0.6) is 5.75 Å². The van der Waals surface area contributed by atoms with Crippen LogP contribution in [0.15, 0.2) is 78.9 Å². The third kappa shape index (κ3) is 5.45. The lowest BCUT2D eigenvalue weighted by molar-refractivity contribution is -0.122. The van der Waals surface area contributed by atoms with Crippen LogP contribution in [-0.4, -0.2) is 17.9 Å². The van der Waals surface area contributed by atoms with Crippen molar-refractivity contribution >= 4 is 23.2 Å². The number of aryl methyl sites for hydroxylation is 1. The van der Waals surface area contributed by atoms with Gasteiger partial charge in [0.05, 0.1) is 0 Å². The number of hydrogen-bond acceptors (Lipinski definition) is 3. The Morgan fingerprint density at radius 2 is 1.41 bits per heavy atom. The van der Waals surface area contributed by atoms with E-state index in [1.165, 1.54) is 0 Å². The van der Waals surface area contributed by atoms with Crippen LogP contribution in [0.4, 0.5) is 11.4 Å². The lowest BCUT2D eigenvalue weighted by Crippen LogP contribution is -2.32. The van der Waals surface area contributed by atoms with E-state index in [4.69, 9.17) is 4.74 Å². The fourth-order valence-corrected chi connectivity index (χ4v) is 2.87. The maximum Gasteiger partial charge on any atom is 0.265 e. The molecule has 3 aromatic carbocycles. The summed E-state index contributed by atoms with van der Waals surface area (Å²) in [5, 5.41) is 5.73. The molecular weight excluding hydrogens is 364 g/mol. The fourth-order valence-electron chi connectivity index (χ4n) is 2.87. The molecule has 0 aromatic heterocycles. The van der Waals surface area contributed by atoms with Crippen LogP contribution in [0.25, 0.3) is 0 Å². The number of carbonyl (C=O) groups is 2. The van der Waals surface area contributed by atoms with Crippen molar-refractivity contribution < 1.29 is 14.3 Å². The molecule has 0 bridgehead atoms. The number of carbonyl (C=O) groups excluding carboxylic acids is 2. The minimum absolute atomic E-state index is 0.165. The summed E-state index contributed by atoms with van der Waals surface area (Å²) in [7, 11) is 0. The SMILES string of the molecule is CCC(Oc1ccccc1)C(=O)Nc1ccc(NC(=O)c2ccccc2C)cc1. The van der Waals surface area contributed by atoms with Gasteiger partial charge in [0, 0.05) is 16.9 Å². The van der Waals surface area contributed by atoms with Crippen molar-refractivity contribution in [3.8, 4) is 5.75 Å². The van der Waals surface area contributed by atoms with Gasteiger partial charge in [0.25, 0.3) is 11.8 Å². The number of ether oxygens (including phenoxy) is 1. The zero-order chi connectivity index (χ0) is 20.6. The largest absolute Gasteiger partial charge is 0.481 e. The molecule has 0 saturated carbocycles. The topological polar surface area (TPSA) is 67.4 Å². The second-order valence-electron chi connectivity index (χ2n) is 6.66. The second-order valence-corrected chi connectivity index (χ2v) is 6.66. The second kappa shape index (κ2) is 9.55. The highest BCUT2D eigenvalue weighted by molar-refractivity contribution is 6.05. The summed E-state index contributed by atoms with van der Waals surface area (Å²) in [6, 6.07) is 23.7. The maximum atomic E-state index is 12.5. The van der Waals surface area contributed by atoms with E-state index in [0.717, 1.165) is 5.56 Å². The first-order valence-corrected chi connectivity index (χ1v) is 9.56. The van der Waals surface area contributed by atoms with E-state index in [1.54, 1.807) is 30.3 Å². The molecule has 0 spiro atoms. The van der Waals surface area contributed by atoms with E-state index in [0.29, 0.717) is 29.1 Å². The quantitative estimate of drug-likeness (QED) is 0.596. The van der Waals surface area contributed by atoms with Gasteiger partial charge >= 0.3 is 0 Å². The Morgan fingerprint density at radius 3 is 2.03 bits per heavy atom. The minimum Gasteiger partial charge on any atom is -0.481 e. The predicted molar refractivity (Wildman–Crippen MR) is 115 cm³/mol. The van der Waals surface area contributed by atoms with Gasteiger partial charge in [-0.05, 0) is 61.4 Å². The predicted octanol–water partition coefficient (Wildman–Crippen LogP) is 5.04. The maximum absolute atomic E-state index is 12.5. The van der Waals surface area contributed by atoms with E-state index < -0.39 is 6.10 Å². The monoisotopic (exact) mass is 388 g/mol. The lowest BCUT2D eigenvalue weighted by atomic mass is 10.1. The summed E-state index contributed by atoms with van der Waals surface area (Å²) in [5.74, 6) is 0.277. The summed E-state index contributed by atoms with van der Waals surface area (Å²) in [4.78, 5) is 24.9. The number of amides is 2. The highest BCUT2D eigenvalue weighted by Crippen LogP contribution is 2.18. The molecule has 148 valence electrons. The van der Waals surface area contributed by atoms with Crippen molar-refractivity contribution in [2.45, 2.75) is 26.4 Å². The average molecular weight is 388 g/mol.